The Labute approximate surface area is 382 Å². The van der Waals surface area contributed by atoms with E-state index in [4.69, 9.17) is 18.9 Å². The van der Waals surface area contributed by atoms with Crippen molar-refractivity contribution in [3.05, 3.63) is 24.3 Å². The number of rotatable bonds is 48. The quantitative estimate of drug-likeness (QED) is 0.0195. The summed E-state index contributed by atoms with van der Waals surface area (Å²) in [5.74, 6) is -2.28. The van der Waals surface area contributed by atoms with Gasteiger partial charge in [-0.1, -0.05) is 205 Å². The molecule has 2 unspecified atom stereocenters. The molecule has 9 nitrogen and oxygen atoms in total. The third-order valence-corrected chi connectivity index (χ3v) is 11.5. The maximum Gasteiger partial charge on any atom is 0.306 e. The monoisotopic (exact) mass is 878 g/mol. The van der Waals surface area contributed by atoms with Gasteiger partial charge in [0.25, 0.3) is 0 Å². The number of unbranched alkanes of at least 4 members (excludes halogenated alkanes) is 29. The first-order valence-electron chi connectivity index (χ1n) is 26.0. The van der Waals surface area contributed by atoms with Gasteiger partial charge in [-0.3, -0.25) is 9.59 Å². The Bertz CT molecular complexity index is 1070. The summed E-state index contributed by atoms with van der Waals surface area (Å²) < 4.78 is 22.5. The molecule has 0 saturated carbocycles. The molecule has 364 valence electrons. The van der Waals surface area contributed by atoms with Crippen molar-refractivity contribution in [1.82, 2.24) is 0 Å². The second-order valence-electron chi connectivity index (χ2n) is 18.8. The average molecular weight is 878 g/mol. The predicted octanol–water partition coefficient (Wildman–Crippen LogP) is 13.1. The lowest BCUT2D eigenvalue weighted by atomic mass is 10.0. The Hall–Kier alpha value is -2.23. The highest BCUT2D eigenvalue weighted by Gasteiger charge is 2.22. The van der Waals surface area contributed by atoms with Gasteiger partial charge in [0, 0.05) is 12.8 Å². The SMILES string of the molecule is CCCCCCC/C=C\C/C=C\CCCCCCCCCCCCCCCCCCCCCC(=O)OC(COC(=O)CCCCCCCC)COC(OCC[N+](C)(C)C)C(=O)[O-]. The summed E-state index contributed by atoms with van der Waals surface area (Å²) in [6, 6.07) is 0. The maximum atomic E-state index is 12.7. The Morgan fingerprint density at radius 3 is 1.27 bits per heavy atom. The number of hydrogen-bond acceptors (Lipinski definition) is 8. The predicted molar refractivity (Wildman–Crippen MR) is 256 cm³/mol. The third-order valence-electron chi connectivity index (χ3n) is 11.5. The zero-order chi connectivity index (χ0) is 45.6. The lowest BCUT2D eigenvalue weighted by molar-refractivity contribution is -0.870. The first-order chi connectivity index (χ1) is 30.1. The number of carboxylic acid groups (broad SMARTS) is 1. The van der Waals surface area contributed by atoms with E-state index in [1.807, 2.05) is 21.1 Å². The number of aliphatic carboxylic acids is 1. The van der Waals surface area contributed by atoms with E-state index < -0.39 is 24.3 Å². The van der Waals surface area contributed by atoms with Crippen LogP contribution in [0.3, 0.4) is 0 Å². The summed E-state index contributed by atoms with van der Waals surface area (Å²) >= 11 is 0. The van der Waals surface area contributed by atoms with Gasteiger partial charge in [-0.25, -0.2) is 0 Å². The fourth-order valence-corrected chi connectivity index (χ4v) is 7.39. The van der Waals surface area contributed by atoms with Crippen molar-refractivity contribution < 1.29 is 42.9 Å². The van der Waals surface area contributed by atoms with Crippen molar-refractivity contribution >= 4 is 17.9 Å². The van der Waals surface area contributed by atoms with Gasteiger partial charge in [0.1, 0.15) is 13.2 Å². The molecule has 0 aliphatic carbocycles. The molecule has 0 fully saturated rings. The third kappa shape index (κ3) is 45.8. The average Bonchev–Trinajstić information content (AvgIpc) is 3.23. The largest absolute Gasteiger partial charge is 0.545 e. The second kappa shape index (κ2) is 45.3. The number of likely N-dealkylation sites (N-methyl/N-ethyl adjacent to an activating group) is 1. The molecule has 0 aliphatic rings. The van der Waals surface area contributed by atoms with Crippen LogP contribution in [0.25, 0.3) is 0 Å². The van der Waals surface area contributed by atoms with Gasteiger partial charge in [-0.2, -0.15) is 0 Å². The second-order valence-corrected chi connectivity index (χ2v) is 18.8. The minimum atomic E-state index is -1.61. The Balaban J connectivity index is 3.96. The van der Waals surface area contributed by atoms with Crippen LogP contribution in [0.4, 0.5) is 0 Å². The number of hydrogen-bond donors (Lipinski definition) is 0. The molecule has 0 spiro atoms. The van der Waals surface area contributed by atoms with E-state index in [0.717, 1.165) is 51.4 Å². The minimum absolute atomic E-state index is 0.150. The van der Waals surface area contributed by atoms with E-state index in [2.05, 4.69) is 38.2 Å². The number of ether oxygens (including phenoxy) is 4. The van der Waals surface area contributed by atoms with Gasteiger partial charge in [0.05, 0.1) is 40.3 Å². The van der Waals surface area contributed by atoms with Crippen LogP contribution in [-0.2, 0) is 33.3 Å². The van der Waals surface area contributed by atoms with E-state index in [1.54, 1.807) is 0 Å². The van der Waals surface area contributed by atoms with Crippen LogP contribution < -0.4 is 5.11 Å². The zero-order valence-corrected chi connectivity index (χ0v) is 41.3. The number of nitrogens with zero attached hydrogens (tertiary/aromatic N) is 1. The van der Waals surface area contributed by atoms with Crippen LogP contribution in [0.1, 0.15) is 239 Å². The molecule has 0 aromatic heterocycles. The molecule has 0 aromatic carbocycles. The molecule has 9 heteroatoms. The van der Waals surface area contributed by atoms with E-state index in [0.29, 0.717) is 17.4 Å². The van der Waals surface area contributed by atoms with E-state index in [9.17, 15) is 19.5 Å². The number of carbonyl (C=O) groups is 3. The van der Waals surface area contributed by atoms with E-state index in [-0.39, 0.29) is 32.2 Å². The van der Waals surface area contributed by atoms with Crippen LogP contribution in [0, 0.1) is 0 Å². The highest BCUT2D eigenvalue weighted by Crippen LogP contribution is 2.16. The van der Waals surface area contributed by atoms with Crippen LogP contribution >= 0.6 is 0 Å². The zero-order valence-electron chi connectivity index (χ0n) is 41.3. The molecule has 0 N–H and O–H groups in total. The summed E-state index contributed by atoms with van der Waals surface area (Å²) in [4.78, 5) is 36.8. The van der Waals surface area contributed by atoms with Gasteiger partial charge in [-0.05, 0) is 44.9 Å². The maximum absolute atomic E-state index is 12.7. The number of carboxylic acids is 1. The van der Waals surface area contributed by atoms with E-state index in [1.165, 1.54) is 161 Å². The van der Waals surface area contributed by atoms with Crippen molar-refractivity contribution in [3.63, 3.8) is 0 Å². The van der Waals surface area contributed by atoms with Gasteiger partial charge < -0.3 is 33.3 Å². The molecule has 62 heavy (non-hydrogen) atoms. The fraction of sp³-hybridized carbons (Fsp3) is 0.868. The molecule has 0 bridgehead atoms. The summed E-state index contributed by atoms with van der Waals surface area (Å²) in [7, 11) is 5.91. The summed E-state index contributed by atoms with van der Waals surface area (Å²) in [5.41, 5.74) is 0. The molecular formula is C53H99NO8. The van der Waals surface area contributed by atoms with Crippen molar-refractivity contribution in [3.8, 4) is 0 Å². The first-order valence-corrected chi connectivity index (χ1v) is 26.0. The van der Waals surface area contributed by atoms with Crippen molar-refractivity contribution in [2.24, 2.45) is 0 Å². The first kappa shape index (κ1) is 59.8. The number of quaternary nitrogens is 1. The standard InChI is InChI=1S/C53H99NO8/c1-6-8-10-12-14-15-16-17-18-19-20-21-22-23-24-25-26-27-28-29-30-31-32-33-34-35-36-37-38-40-42-44-51(56)62-49(47-60-50(55)43-41-39-13-11-9-7-2)48-61-53(52(57)58)59-46-45-54(3,4)5/h16-17,19-20,49,53H,6-15,18,21-48H2,1-5H3/b17-16-,20-19-. The van der Waals surface area contributed by atoms with Crippen LogP contribution in [-0.4, -0.2) is 82.3 Å². The Morgan fingerprint density at radius 2 is 0.871 bits per heavy atom. The van der Waals surface area contributed by atoms with E-state index >= 15 is 0 Å². The van der Waals surface area contributed by atoms with Crippen molar-refractivity contribution in [2.75, 3.05) is 47.5 Å². The van der Waals surface area contributed by atoms with Gasteiger partial charge in [0.15, 0.2) is 12.4 Å². The van der Waals surface area contributed by atoms with Crippen LogP contribution in [0.5, 0.6) is 0 Å². The molecule has 0 saturated heterocycles. The summed E-state index contributed by atoms with van der Waals surface area (Å²) in [5, 5.41) is 11.7. The minimum Gasteiger partial charge on any atom is -0.545 e. The molecule has 0 amide bonds. The lowest BCUT2D eigenvalue weighted by Gasteiger charge is -2.26. The lowest BCUT2D eigenvalue weighted by Crippen LogP contribution is -2.44. The highest BCUT2D eigenvalue weighted by atomic mass is 16.7. The summed E-state index contributed by atoms with van der Waals surface area (Å²) in [6.07, 6.45) is 48.5. The van der Waals surface area contributed by atoms with Crippen molar-refractivity contribution in [1.29, 1.82) is 0 Å². The molecular weight excluding hydrogens is 779 g/mol. The fourth-order valence-electron chi connectivity index (χ4n) is 7.39. The molecule has 0 rings (SSSR count). The normalized spacial score (nSPS) is 13.0. The van der Waals surface area contributed by atoms with Gasteiger partial charge in [-0.15, -0.1) is 0 Å². The summed E-state index contributed by atoms with van der Waals surface area (Å²) in [6.45, 7) is 4.68. The number of allylic oxidation sites excluding steroid dienone is 4. The molecule has 0 heterocycles. The Morgan fingerprint density at radius 1 is 0.484 bits per heavy atom. The van der Waals surface area contributed by atoms with Gasteiger partial charge in [0.2, 0.25) is 0 Å². The molecule has 0 aliphatic heterocycles. The molecule has 0 aromatic rings. The van der Waals surface area contributed by atoms with Crippen LogP contribution in [0.2, 0.25) is 0 Å². The molecule has 0 radical (unpaired) electrons. The topological polar surface area (TPSA) is 111 Å². The number of esters is 2. The smallest absolute Gasteiger partial charge is 0.306 e. The van der Waals surface area contributed by atoms with Gasteiger partial charge >= 0.3 is 11.9 Å². The number of carbonyl (C=O) groups excluding carboxylic acids is 3. The highest BCUT2D eigenvalue weighted by molar-refractivity contribution is 5.70. The Kier molecular flexibility index (Phi) is 43.7. The van der Waals surface area contributed by atoms with Crippen LogP contribution in [0.15, 0.2) is 24.3 Å². The van der Waals surface area contributed by atoms with Crippen molar-refractivity contribution in [2.45, 2.75) is 251 Å². The molecule has 2 atom stereocenters.